The van der Waals surface area contributed by atoms with Crippen molar-refractivity contribution in [2.75, 3.05) is 26.7 Å². The number of hydrogen-bond acceptors (Lipinski definition) is 3. The van der Waals surface area contributed by atoms with Crippen LogP contribution in [0.1, 0.15) is 33.6 Å². The molecule has 18 heavy (non-hydrogen) atoms. The van der Waals surface area contributed by atoms with E-state index in [0.717, 1.165) is 12.8 Å². The third kappa shape index (κ3) is 6.59. The van der Waals surface area contributed by atoms with Gasteiger partial charge in [-0.1, -0.05) is 20.8 Å². The molecule has 3 N–H and O–H groups in total. The van der Waals surface area contributed by atoms with Crippen molar-refractivity contribution in [3.8, 4) is 0 Å². The number of nitrogens with one attached hydrogen (secondary N) is 1. The molecular formula is C13H27N3O2. The zero-order valence-electron chi connectivity index (χ0n) is 12.0. The summed E-state index contributed by atoms with van der Waals surface area (Å²) in [4.78, 5) is 25.1. The summed E-state index contributed by atoms with van der Waals surface area (Å²) in [5.41, 5.74) is 5.62. The molecular weight excluding hydrogens is 230 g/mol. The first-order valence-corrected chi connectivity index (χ1v) is 6.64. The normalized spacial score (nSPS) is 12.3. The zero-order valence-corrected chi connectivity index (χ0v) is 12.0. The Morgan fingerprint density at radius 3 is 2.39 bits per heavy atom. The van der Waals surface area contributed by atoms with Crippen molar-refractivity contribution in [2.24, 2.45) is 17.6 Å². The maximum absolute atomic E-state index is 12.1. The van der Waals surface area contributed by atoms with Gasteiger partial charge in [0.1, 0.15) is 0 Å². The molecule has 0 saturated carbocycles. The van der Waals surface area contributed by atoms with Crippen molar-refractivity contribution >= 4 is 11.8 Å². The highest BCUT2D eigenvalue weighted by Gasteiger charge is 2.22. The number of likely N-dealkylation sites (N-methyl/N-ethyl adjacent to an activating group) is 1. The quantitative estimate of drug-likeness (QED) is 0.668. The summed E-state index contributed by atoms with van der Waals surface area (Å²) < 4.78 is 0. The zero-order chi connectivity index (χ0) is 14.1. The molecule has 2 amide bonds. The predicted molar refractivity (Wildman–Crippen MR) is 72.9 cm³/mol. The predicted octanol–water partition coefficient (Wildman–Crippen LogP) is 0.592. The van der Waals surface area contributed by atoms with E-state index in [2.05, 4.69) is 19.2 Å². The minimum Gasteiger partial charge on any atom is -0.355 e. The molecule has 0 aliphatic heterocycles. The van der Waals surface area contributed by atoms with Gasteiger partial charge in [-0.05, 0) is 18.8 Å². The van der Waals surface area contributed by atoms with Gasteiger partial charge in [0.15, 0.2) is 0 Å². The standard InChI is InChI=1S/C13H27N3O2/c1-5-6-15-12(17)9-16(4)13(18)11(8-14)7-10(2)3/h10-11H,5-9,14H2,1-4H3,(H,15,17). The SMILES string of the molecule is CCCNC(=O)CN(C)C(=O)C(CN)CC(C)C. The number of rotatable bonds is 8. The maximum Gasteiger partial charge on any atom is 0.239 e. The molecule has 0 aliphatic carbocycles. The van der Waals surface area contributed by atoms with Crippen molar-refractivity contribution in [3.05, 3.63) is 0 Å². The van der Waals surface area contributed by atoms with Crippen LogP contribution in [0.3, 0.4) is 0 Å². The van der Waals surface area contributed by atoms with Crippen LogP contribution < -0.4 is 11.1 Å². The summed E-state index contributed by atoms with van der Waals surface area (Å²) in [6.07, 6.45) is 1.65. The van der Waals surface area contributed by atoms with Crippen molar-refractivity contribution < 1.29 is 9.59 Å². The van der Waals surface area contributed by atoms with Crippen LogP contribution in [0.4, 0.5) is 0 Å². The summed E-state index contributed by atoms with van der Waals surface area (Å²) in [5, 5.41) is 2.75. The molecule has 0 rings (SSSR count). The van der Waals surface area contributed by atoms with E-state index in [0.29, 0.717) is 19.0 Å². The molecule has 0 aromatic rings. The minimum atomic E-state index is -0.186. The summed E-state index contributed by atoms with van der Waals surface area (Å²) >= 11 is 0. The van der Waals surface area contributed by atoms with Gasteiger partial charge < -0.3 is 16.0 Å². The molecule has 0 spiro atoms. The molecule has 5 heteroatoms. The number of hydrogen-bond donors (Lipinski definition) is 2. The Kier molecular flexibility index (Phi) is 8.37. The summed E-state index contributed by atoms with van der Waals surface area (Å²) in [5.74, 6) is 0.0738. The molecule has 0 bridgehead atoms. The van der Waals surface area contributed by atoms with Crippen molar-refractivity contribution in [3.63, 3.8) is 0 Å². The number of nitrogens with two attached hydrogens (primary N) is 1. The molecule has 0 radical (unpaired) electrons. The van der Waals surface area contributed by atoms with Gasteiger partial charge in [-0.25, -0.2) is 0 Å². The summed E-state index contributed by atoms with van der Waals surface area (Å²) in [6.45, 7) is 7.19. The Morgan fingerprint density at radius 2 is 1.94 bits per heavy atom. The van der Waals surface area contributed by atoms with Crippen molar-refractivity contribution in [1.29, 1.82) is 0 Å². The van der Waals surface area contributed by atoms with E-state index in [4.69, 9.17) is 5.73 Å². The lowest BCUT2D eigenvalue weighted by atomic mass is 9.96. The van der Waals surface area contributed by atoms with E-state index in [9.17, 15) is 9.59 Å². The number of carbonyl (C=O) groups is 2. The highest BCUT2D eigenvalue weighted by molar-refractivity contribution is 5.85. The Labute approximate surface area is 110 Å². The van der Waals surface area contributed by atoms with Crippen LogP contribution in [0.15, 0.2) is 0 Å². The molecule has 0 heterocycles. The fourth-order valence-corrected chi connectivity index (χ4v) is 1.79. The van der Waals surface area contributed by atoms with E-state index < -0.39 is 0 Å². The smallest absolute Gasteiger partial charge is 0.239 e. The highest BCUT2D eigenvalue weighted by atomic mass is 16.2. The van der Waals surface area contributed by atoms with Gasteiger partial charge in [-0.2, -0.15) is 0 Å². The molecule has 0 saturated heterocycles. The Morgan fingerprint density at radius 1 is 1.33 bits per heavy atom. The van der Waals surface area contributed by atoms with Crippen LogP contribution in [0.2, 0.25) is 0 Å². The van der Waals surface area contributed by atoms with E-state index in [-0.39, 0.29) is 24.3 Å². The summed E-state index contributed by atoms with van der Waals surface area (Å²) in [6, 6.07) is 0. The third-order valence-electron chi connectivity index (χ3n) is 2.72. The van der Waals surface area contributed by atoms with Crippen LogP contribution in [-0.2, 0) is 9.59 Å². The molecule has 0 fully saturated rings. The van der Waals surface area contributed by atoms with Crippen LogP contribution in [0.25, 0.3) is 0 Å². The minimum absolute atomic E-state index is 0.0437. The second kappa shape index (κ2) is 8.91. The lowest BCUT2D eigenvalue weighted by molar-refractivity contribution is -0.138. The molecule has 0 aromatic carbocycles. The van der Waals surface area contributed by atoms with Gasteiger partial charge in [0.05, 0.1) is 12.5 Å². The highest BCUT2D eigenvalue weighted by Crippen LogP contribution is 2.12. The fourth-order valence-electron chi connectivity index (χ4n) is 1.79. The topological polar surface area (TPSA) is 75.4 Å². The van der Waals surface area contributed by atoms with E-state index in [1.165, 1.54) is 4.90 Å². The molecule has 0 aliphatic rings. The Balaban J connectivity index is 4.25. The first-order chi connectivity index (χ1) is 8.42. The van der Waals surface area contributed by atoms with E-state index in [1.54, 1.807) is 7.05 Å². The van der Waals surface area contributed by atoms with Crippen molar-refractivity contribution in [1.82, 2.24) is 10.2 Å². The molecule has 5 nitrogen and oxygen atoms in total. The molecule has 0 aromatic heterocycles. The van der Waals surface area contributed by atoms with Gasteiger partial charge in [0.2, 0.25) is 11.8 Å². The number of nitrogens with zero attached hydrogens (tertiary/aromatic N) is 1. The van der Waals surface area contributed by atoms with Gasteiger partial charge in [0.25, 0.3) is 0 Å². The lowest BCUT2D eigenvalue weighted by Gasteiger charge is -2.23. The summed E-state index contributed by atoms with van der Waals surface area (Å²) in [7, 11) is 1.65. The first kappa shape index (κ1) is 16.9. The average Bonchev–Trinajstić information content (AvgIpc) is 2.32. The van der Waals surface area contributed by atoms with Crippen molar-refractivity contribution in [2.45, 2.75) is 33.6 Å². The Bertz CT molecular complexity index is 267. The van der Waals surface area contributed by atoms with Gasteiger partial charge in [-0.3, -0.25) is 9.59 Å². The number of amides is 2. The van der Waals surface area contributed by atoms with Crippen LogP contribution in [0.5, 0.6) is 0 Å². The molecule has 1 unspecified atom stereocenters. The fraction of sp³-hybridized carbons (Fsp3) is 0.846. The second-order valence-electron chi connectivity index (χ2n) is 5.11. The maximum atomic E-state index is 12.1. The Hall–Kier alpha value is -1.10. The van der Waals surface area contributed by atoms with Gasteiger partial charge in [0, 0.05) is 20.1 Å². The number of carbonyl (C=O) groups excluding carboxylic acids is 2. The van der Waals surface area contributed by atoms with E-state index in [1.807, 2.05) is 6.92 Å². The largest absolute Gasteiger partial charge is 0.355 e. The van der Waals surface area contributed by atoms with E-state index >= 15 is 0 Å². The molecule has 1 atom stereocenters. The lowest BCUT2D eigenvalue weighted by Crippen LogP contribution is -2.43. The van der Waals surface area contributed by atoms with Crippen LogP contribution in [0, 0.1) is 11.8 Å². The molecule has 106 valence electrons. The third-order valence-corrected chi connectivity index (χ3v) is 2.72. The van der Waals surface area contributed by atoms with Gasteiger partial charge >= 0.3 is 0 Å². The monoisotopic (exact) mass is 257 g/mol. The van der Waals surface area contributed by atoms with Crippen LogP contribution in [-0.4, -0.2) is 43.4 Å². The van der Waals surface area contributed by atoms with Crippen LogP contribution >= 0.6 is 0 Å². The second-order valence-corrected chi connectivity index (χ2v) is 5.11. The average molecular weight is 257 g/mol. The first-order valence-electron chi connectivity index (χ1n) is 6.64. The van der Waals surface area contributed by atoms with Gasteiger partial charge in [-0.15, -0.1) is 0 Å².